The fraction of sp³-hybridized carbons (Fsp3) is 0.875. The SMILES string of the molecule is CCN[S+]([O-])C(C)(C)C(=O)OCC. The minimum atomic E-state index is -1.39. The summed E-state index contributed by atoms with van der Waals surface area (Å²) in [4.78, 5) is 11.3. The molecule has 0 fully saturated rings. The van der Waals surface area contributed by atoms with Crippen molar-refractivity contribution in [3.8, 4) is 0 Å². The zero-order valence-electron chi connectivity index (χ0n) is 8.55. The van der Waals surface area contributed by atoms with Gasteiger partial charge in [0.1, 0.15) is 0 Å². The zero-order chi connectivity index (χ0) is 10.5. The Balaban J connectivity index is 4.26. The largest absolute Gasteiger partial charge is 0.597 e. The highest BCUT2D eigenvalue weighted by atomic mass is 32.2. The molecular formula is C8H17NO3S. The Morgan fingerprint density at radius 2 is 2.08 bits per heavy atom. The second kappa shape index (κ2) is 5.47. The Kier molecular flexibility index (Phi) is 5.36. The summed E-state index contributed by atoms with van der Waals surface area (Å²) < 4.78 is 18.0. The molecule has 78 valence electrons. The van der Waals surface area contributed by atoms with Crippen LogP contribution in [-0.2, 0) is 20.9 Å². The average molecular weight is 207 g/mol. The first-order chi connectivity index (χ1) is 5.96. The molecule has 4 nitrogen and oxygen atoms in total. The molecular weight excluding hydrogens is 190 g/mol. The van der Waals surface area contributed by atoms with E-state index in [1.54, 1.807) is 20.8 Å². The number of hydrogen-bond donors (Lipinski definition) is 1. The van der Waals surface area contributed by atoms with Crippen molar-refractivity contribution in [3.05, 3.63) is 0 Å². The summed E-state index contributed by atoms with van der Waals surface area (Å²) in [6.45, 7) is 7.64. The molecule has 0 bridgehead atoms. The van der Waals surface area contributed by atoms with Crippen LogP contribution in [0.2, 0.25) is 0 Å². The fourth-order valence-corrected chi connectivity index (χ4v) is 1.53. The normalized spacial score (nSPS) is 13.9. The first-order valence-corrected chi connectivity index (χ1v) is 5.44. The van der Waals surface area contributed by atoms with E-state index in [4.69, 9.17) is 4.74 Å². The lowest BCUT2D eigenvalue weighted by Crippen LogP contribution is -2.48. The van der Waals surface area contributed by atoms with Crippen molar-refractivity contribution in [1.82, 2.24) is 4.72 Å². The molecule has 0 rings (SSSR count). The summed E-state index contributed by atoms with van der Waals surface area (Å²) in [5.41, 5.74) is 0. The van der Waals surface area contributed by atoms with Crippen molar-refractivity contribution in [1.29, 1.82) is 0 Å². The highest BCUT2D eigenvalue weighted by Gasteiger charge is 2.42. The maximum Gasteiger partial charge on any atom is 0.364 e. The molecule has 13 heavy (non-hydrogen) atoms. The van der Waals surface area contributed by atoms with E-state index in [0.29, 0.717) is 13.2 Å². The summed E-state index contributed by atoms with van der Waals surface area (Å²) in [6, 6.07) is 0. The van der Waals surface area contributed by atoms with Gasteiger partial charge >= 0.3 is 5.97 Å². The van der Waals surface area contributed by atoms with Gasteiger partial charge in [0.25, 0.3) is 0 Å². The Morgan fingerprint density at radius 1 is 1.54 bits per heavy atom. The van der Waals surface area contributed by atoms with E-state index in [1.807, 2.05) is 6.92 Å². The molecule has 0 saturated carbocycles. The van der Waals surface area contributed by atoms with Crippen LogP contribution >= 0.6 is 0 Å². The van der Waals surface area contributed by atoms with Crippen molar-refractivity contribution < 1.29 is 14.1 Å². The molecule has 0 aromatic rings. The number of nitrogens with one attached hydrogen (secondary N) is 1. The van der Waals surface area contributed by atoms with Gasteiger partial charge in [-0.3, -0.25) is 0 Å². The molecule has 0 aliphatic carbocycles. The van der Waals surface area contributed by atoms with Gasteiger partial charge in [-0.25, -0.2) is 4.79 Å². The van der Waals surface area contributed by atoms with Gasteiger partial charge in [0, 0.05) is 6.54 Å². The highest BCUT2D eigenvalue weighted by Crippen LogP contribution is 2.16. The molecule has 1 N–H and O–H groups in total. The van der Waals surface area contributed by atoms with Gasteiger partial charge in [0.05, 0.1) is 18.0 Å². The monoisotopic (exact) mass is 207 g/mol. The molecule has 0 heterocycles. The topological polar surface area (TPSA) is 61.4 Å². The molecule has 1 atom stereocenters. The van der Waals surface area contributed by atoms with E-state index in [9.17, 15) is 9.35 Å². The van der Waals surface area contributed by atoms with Crippen LogP contribution in [0.25, 0.3) is 0 Å². The van der Waals surface area contributed by atoms with Crippen molar-refractivity contribution in [2.45, 2.75) is 32.4 Å². The third-order valence-corrected chi connectivity index (χ3v) is 3.15. The van der Waals surface area contributed by atoms with Crippen LogP contribution in [0.5, 0.6) is 0 Å². The quantitative estimate of drug-likeness (QED) is 0.530. The minimum Gasteiger partial charge on any atom is -0.597 e. The standard InChI is InChI=1S/C8H17NO3S/c1-5-9-13(11)8(3,4)7(10)12-6-2/h9H,5-6H2,1-4H3. The van der Waals surface area contributed by atoms with Gasteiger partial charge in [0.2, 0.25) is 4.75 Å². The van der Waals surface area contributed by atoms with E-state index in [0.717, 1.165) is 0 Å². The number of rotatable bonds is 5. The summed E-state index contributed by atoms with van der Waals surface area (Å²) in [5, 5.41) is 0. The minimum absolute atomic E-state index is 0.311. The zero-order valence-corrected chi connectivity index (χ0v) is 9.36. The lowest BCUT2D eigenvalue weighted by atomic mass is 10.2. The lowest BCUT2D eigenvalue weighted by molar-refractivity contribution is -0.145. The Labute approximate surface area is 82.3 Å². The second-order valence-electron chi connectivity index (χ2n) is 3.00. The summed E-state index contributed by atoms with van der Waals surface area (Å²) in [6.07, 6.45) is 0. The molecule has 0 radical (unpaired) electrons. The number of ether oxygens (including phenoxy) is 1. The summed E-state index contributed by atoms with van der Waals surface area (Å²) >= 11 is -1.39. The maximum atomic E-state index is 11.5. The van der Waals surface area contributed by atoms with Crippen molar-refractivity contribution >= 4 is 17.3 Å². The summed E-state index contributed by atoms with van der Waals surface area (Å²) in [7, 11) is 0. The predicted octanol–water partition coefficient (Wildman–Crippen LogP) is 0.601. The Bertz CT molecular complexity index is 173. The molecule has 0 spiro atoms. The number of esters is 1. The molecule has 1 unspecified atom stereocenters. The van der Waals surface area contributed by atoms with Gasteiger partial charge in [-0.15, -0.1) is 4.72 Å². The van der Waals surface area contributed by atoms with Crippen LogP contribution < -0.4 is 4.72 Å². The van der Waals surface area contributed by atoms with Gasteiger partial charge in [-0.2, -0.15) is 0 Å². The van der Waals surface area contributed by atoms with E-state index in [-0.39, 0.29) is 0 Å². The molecule has 0 aromatic carbocycles. The van der Waals surface area contributed by atoms with Crippen molar-refractivity contribution in [2.75, 3.05) is 13.2 Å². The number of carbonyl (C=O) groups excluding carboxylic acids is 1. The van der Waals surface area contributed by atoms with Gasteiger partial charge < -0.3 is 9.29 Å². The van der Waals surface area contributed by atoms with Crippen molar-refractivity contribution in [2.24, 2.45) is 0 Å². The second-order valence-corrected chi connectivity index (χ2v) is 4.84. The summed E-state index contributed by atoms with van der Waals surface area (Å²) in [5.74, 6) is -0.436. The van der Waals surface area contributed by atoms with Crippen LogP contribution in [0, 0.1) is 0 Å². The van der Waals surface area contributed by atoms with Crippen LogP contribution in [0.3, 0.4) is 0 Å². The Hall–Kier alpha value is -0.260. The van der Waals surface area contributed by atoms with E-state index < -0.39 is 22.1 Å². The third kappa shape index (κ3) is 3.54. The smallest absolute Gasteiger partial charge is 0.364 e. The lowest BCUT2D eigenvalue weighted by Gasteiger charge is -2.24. The van der Waals surface area contributed by atoms with Crippen LogP contribution in [0.4, 0.5) is 0 Å². The average Bonchev–Trinajstić information content (AvgIpc) is 2.05. The molecule has 5 heteroatoms. The number of hydrogen-bond acceptors (Lipinski definition) is 4. The molecule has 0 amide bonds. The molecule has 0 aliphatic rings. The first kappa shape index (κ1) is 12.7. The maximum absolute atomic E-state index is 11.5. The molecule has 0 aromatic heterocycles. The molecule has 0 aliphatic heterocycles. The third-order valence-electron chi connectivity index (χ3n) is 1.51. The number of carbonyl (C=O) groups is 1. The van der Waals surface area contributed by atoms with Gasteiger partial charge in [-0.1, -0.05) is 0 Å². The fourth-order valence-electron chi connectivity index (χ4n) is 0.692. The predicted molar refractivity (Wildman–Crippen MR) is 52.5 cm³/mol. The van der Waals surface area contributed by atoms with E-state index >= 15 is 0 Å². The molecule has 0 saturated heterocycles. The van der Waals surface area contributed by atoms with Crippen molar-refractivity contribution in [3.63, 3.8) is 0 Å². The highest BCUT2D eigenvalue weighted by molar-refractivity contribution is 7.91. The van der Waals surface area contributed by atoms with Gasteiger partial charge in [0.15, 0.2) is 0 Å². The van der Waals surface area contributed by atoms with Crippen LogP contribution in [0.1, 0.15) is 27.7 Å². The first-order valence-electron chi connectivity index (χ1n) is 4.29. The van der Waals surface area contributed by atoms with E-state index in [2.05, 4.69) is 4.72 Å². The Morgan fingerprint density at radius 3 is 2.46 bits per heavy atom. The van der Waals surface area contributed by atoms with E-state index in [1.165, 1.54) is 0 Å². The van der Waals surface area contributed by atoms with Crippen LogP contribution in [0.15, 0.2) is 0 Å². The van der Waals surface area contributed by atoms with Crippen LogP contribution in [-0.4, -0.2) is 28.4 Å². The van der Waals surface area contributed by atoms with Gasteiger partial charge in [-0.05, 0) is 27.7 Å².